The lowest BCUT2D eigenvalue weighted by Crippen LogP contribution is -2.53. The van der Waals surface area contributed by atoms with Crippen molar-refractivity contribution in [3.05, 3.63) is 53.1 Å². The molecule has 2 amide bonds. The fourth-order valence-electron chi connectivity index (χ4n) is 4.74. The van der Waals surface area contributed by atoms with Crippen molar-refractivity contribution in [3.8, 4) is 11.5 Å². The van der Waals surface area contributed by atoms with E-state index in [1.807, 2.05) is 6.07 Å². The van der Waals surface area contributed by atoms with Gasteiger partial charge >= 0.3 is 0 Å². The van der Waals surface area contributed by atoms with Crippen LogP contribution in [-0.4, -0.2) is 56.3 Å². The van der Waals surface area contributed by atoms with Gasteiger partial charge in [-0.05, 0) is 56.5 Å². The number of benzene rings is 2. The quantitative estimate of drug-likeness (QED) is 0.467. The summed E-state index contributed by atoms with van der Waals surface area (Å²) in [5.41, 5.74) is 1.02. The molecular formula is C27H34ClN3O6S. The molecule has 9 nitrogen and oxygen atoms in total. The molecule has 2 aromatic rings. The summed E-state index contributed by atoms with van der Waals surface area (Å²) in [5.74, 6) is -0.0706. The second-order valence-corrected chi connectivity index (χ2v) is 12.2. The molecular weight excluding hydrogens is 530 g/mol. The zero-order valence-corrected chi connectivity index (χ0v) is 23.3. The highest BCUT2D eigenvalue weighted by Crippen LogP contribution is 2.36. The molecule has 0 saturated heterocycles. The minimum Gasteiger partial charge on any atom is -0.454 e. The Morgan fingerprint density at radius 1 is 1.08 bits per heavy atom. The molecule has 2 aliphatic rings. The average molecular weight is 564 g/mol. The molecule has 1 fully saturated rings. The van der Waals surface area contributed by atoms with Crippen LogP contribution < -0.4 is 19.1 Å². The second kappa shape index (κ2) is 12.3. The van der Waals surface area contributed by atoms with E-state index in [-0.39, 0.29) is 36.7 Å². The second-order valence-electron chi connectivity index (χ2n) is 9.62. The number of nitrogens with zero attached hydrogens (tertiary/aromatic N) is 2. The minimum atomic E-state index is -3.84. The molecule has 1 aliphatic heterocycles. The van der Waals surface area contributed by atoms with E-state index in [1.165, 1.54) is 11.8 Å². The number of hydrogen-bond acceptors (Lipinski definition) is 6. The third-order valence-corrected chi connectivity index (χ3v) is 8.96. The standard InChI is InChI=1S/C27H34ClN3O6S/c1-3-38(34,35)31(23-12-13-24-25(15-23)37-18-36-24)17-26(32)30(16-20-8-7-9-21(28)14-20)19(2)27(33)29-22-10-5-4-6-11-22/h7-9,12-15,19,22H,3-6,10-11,16-18H2,1-2H3,(H,29,33)/t19-/m1/s1. The third kappa shape index (κ3) is 6.71. The van der Waals surface area contributed by atoms with Crippen LogP contribution in [0.5, 0.6) is 11.5 Å². The van der Waals surface area contributed by atoms with E-state index in [2.05, 4.69) is 5.32 Å². The van der Waals surface area contributed by atoms with Crippen LogP contribution in [0.3, 0.4) is 0 Å². The van der Waals surface area contributed by atoms with E-state index in [1.54, 1.807) is 43.3 Å². The predicted octanol–water partition coefficient (Wildman–Crippen LogP) is 4.09. The molecule has 2 aromatic carbocycles. The van der Waals surface area contributed by atoms with Gasteiger partial charge in [-0.3, -0.25) is 13.9 Å². The van der Waals surface area contributed by atoms with E-state index >= 15 is 0 Å². The zero-order chi connectivity index (χ0) is 27.3. The third-order valence-electron chi connectivity index (χ3n) is 6.98. The maximum Gasteiger partial charge on any atom is 0.244 e. The molecule has 1 saturated carbocycles. The summed E-state index contributed by atoms with van der Waals surface area (Å²) in [6.45, 7) is 2.85. The van der Waals surface area contributed by atoms with Crippen LogP contribution in [-0.2, 0) is 26.2 Å². The van der Waals surface area contributed by atoms with Crippen molar-refractivity contribution in [2.75, 3.05) is 23.4 Å². The van der Waals surface area contributed by atoms with Gasteiger partial charge in [0.1, 0.15) is 12.6 Å². The number of carbonyl (C=O) groups is 2. The molecule has 11 heteroatoms. The van der Waals surface area contributed by atoms with Crippen molar-refractivity contribution in [1.29, 1.82) is 0 Å². The molecule has 1 atom stereocenters. The van der Waals surface area contributed by atoms with E-state index in [9.17, 15) is 18.0 Å². The fraction of sp³-hybridized carbons (Fsp3) is 0.481. The van der Waals surface area contributed by atoms with Crippen LogP contribution in [0.1, 0.15) is 51.5 Å². The summed E-state index contributed by atoms with van der Waals surface area (Å²) in [5, 5.41) is 3.59. The van der Waals surface area contributed by atoms with Crippen LogP contribution in [0.15, 0.2) is 42.5 Å². The van der Waals surface area contributed by atoms with Crippen LogP contribution in [0.4, 0.5) is 5.69 Å². The molecule has 38 heavy (non-hydrogen) atoms. The van der Waals surface area contributed by atoms with Gasteiger partial charge in [-0.25, -0.2) is 8.42 Å². The maximum absolute atomic E-state index is 13.8. The fourth-order valence-corrected chi connectivity index (χ4v) is 6.01. The Hall–Kier alpha value is -2.98. The number of hydrogen-bond donors (Lipinski definition) is 1. The van der Waals surface area contributed by atoms with Gasteiger partial charge in [-0.2, -0.15) is 0 Å². The van der Waals surface area contributed by atoms with Crippen LogP contribution in [0.2, 0.25) is 5.02 Å². The summed E-state index contributed by atoms with van der Waals surface area (Å²) >= 11 is 6.18. The normalized spacial score (nSPS) is 16.1. The topological polar surface area (TPSA) is 105 Å². The highest BCUT2D eigenvalue weighted by atomic mass is 35.5. The lowest BCUT2D eigenvalue weighted by molar-refractivity contribution is -0.139. The summed E-state index contributed by atoms with van der Waals surface area (Å²) in [6.07, 6.45) is 5.09. The van der Waals surface area contributed by atoms with Crippen molar-refractivity contribution in [1.82, 2.24) is 10.2 Å². The molecule has 0 aromatic heterocycles. The Kier molecular flexibility index (Phi) is 9.04. The highest BCUT2D eigenvalue weighted by Gasteiger charge is 2.32. The molecule has 0 radical (unpaired) electrons. The summed E-state index contributed by atoms with van der Waals surface area (Å²) < 4.78 is 38.0. The first-order valence-electron chi connectivity index (χ1n) is 12.9. The van der Waals surface area contributed by atoms with E-state index in [0.29, 0.717) is 16.5 Å². The van der Waals surface area contributed by atoms with Gasteiger partial charge in [0.15, 0.2) is 11.5 Å². The molecule has 1 heterocycles. The molecule has 1 N–H and O–H groups in total. The van der Waals surface area contributed by atoms with Gasteiger partial charge in [0.05, 0.1) is 11.4 Å². The van der Waals surface area contributed by atoms with E-state index in [4.69, 9.17) is 21.1 Å². The molecule has 206 valence electrons. The number of anilines is 1. The summed E-state index contributed by atoms with van der Waals surface area (Å²) in [4.78, 5) is 28.5. The monoisotopic (exact) mass is 563 g/mol. The SMILES string of the molecule is CCS(=O)(=O)N(CC(=O)N(Cc1cccc(Cl)c1)[C@H](C)C(=O)NC1CCCCC1)c1ccc2c(c1)OCO2. The zero-order valence-electron chi connectivity index (χ0n) is 21.7. The lowest BCUT2D eigenvalue weighted by atomic mass is 9.95. The Labute approximate surface area is 229 Å². The average Bonchev–Trinajstić information content (AvgIpc) is 3.38. The Bertz CT molecular complexity index is 1270. The maximum atomic E-state index is 13.8. The van der Waals surface area contributed by atoms with Gasteiger partial charge in [-0.15, -0.1) is 0 Å². The first-order valence-corrected chi connectivity index (χ1v) is 14.9. The first kappa shape index (κ1) is 28.0. The highest BCUT2D eigenvalue weighted by molar-refractivity contribution is 7.92. The molecule has 0 unspecified atom stereocenters. The van der Waals surface area contributed by atoms with Crippen LogP contribution >= 0.6 is 11.6 Å². The first-order chi connectivity index (χ1) is 18.2. The van der Waals surface area contributed by atoms with Crippen molar-refractivity contribution in [2.45, 2.75) is 64.6 Å². The Morgan fingerprint density at radius 3 is 2.53 bits per heavy atom. The number of nitrogens with one attached hydrogen (secondary N) is 1. The smallest absolute Gasteiger partial charge is 0.244 e. The lowest BCUT2D eigenvalue weighted by Gasteiger charge is -2.33. The molecule has 1 aliphatic carbocycles. The summed E-state index contributed by atoms with van der Waals surface area (Å²) in [7, 11) is -3.84. The van der Waals surface area contributed by atoms with Gasteiger partial charge in [0.25, 0.3) is 0 Å². The number of sulfonamides is 1. The number of amides is 2. The number of rotatable bonds is 10. The van der Waals surface area contributed by atoms with Gasteiger partial charge in [-0.1, -0.05) is 43.0 Å². The van der Waals surface area contributed by atoms with Crippen molar-refractivity contribution in [3.63, 3.8) is 0 Å². The van der Waals surface area contributed by atoms with E-state index < -0.39 is 28.5 Å². The van der Waals surface area contributed by atoms with Gasteiger partial charge in [0.2, 0.25) is 28.6 Å². The Morgan fingerprint density at radius 2 is 1.82 bits per heavy atom. The van der Waals surface area contributed by atoms with Gasteiger partial charge < -0.3 is 19.7 Å². The number of halogens is 1. The number of carbonyl (C=O) groups excluding carboxylic acids is 2. The molecule has 0 spiro atoms. The predicted molar refractivity (Wildman–Crippen MR) is 146 cm³/mol. The molecule has 0 bridgehead atoms. The number of ether oxygens (including phenoxy) is 2. The van der Waals surface area contributed by atoms with Crippen molar-refractivity contribution >= 4 is 39.1 Å². The summed E-state index contributed by atoms with van der Waals surface area (Å²) in [6, 6.07) is 11.0. The number of fused-ring (bicyclic) bond motifs is 1. The van der Waals surface area contributed by atoms with Crippen molar-refractivity contribution in [2.24, 2.45) is 0 Å². The van der Waals surface area contributed by atoms with Gasteiger partial charge in [0, 0.05) is 23.7 Å². The van der Waals surface area contributed by atoms with E-state index in [0.717, 1.165) is 42.0 Å². The largest absolute Gasteiger partial charge is 0.454 e. The molecule has 4 rings (SSSR count). The minimum absolute atomic E-state index is 0.0410. The van der Waals surface area contributed by atoms with Crippen LogP contribution in [0, 0.1) is 0 Å². The van der Waals surface area contributed by atoms with Crippen molar-refractivity contribution < 1.29 is 27.5 Å². The van der Waals surface area contributed by atoms with Crippen LogP contribution in [0.25, 0.3) is 0 Å². The Balaban J connectivity index is 1.61.